The van der Waals surface area contributed by atoms with Crippen LogP contribution in [0.3, 0.4) is 0 Å². The highest BCUT2D eigenvalue weighted by Crippen LogP contribution is 2.07. The maximum Gasteiger partial charge on any atom is 0.315 e. The van der Waals surface area contributed by atoms with Crippen molar-refractivity contribution in [1.82, 2.24) is 15.6 Å². The predicted molar refractivity (Wildman–Crippen MR) is 78.0 cm³/mol. The number of amides is 2. The molecule has 0 fully saturated rings. The van der Waals surface area contributed by atoms with Gasteiger partial charge in [0.1, 0.15) is 0 Å². The van der Waals surface area contributed by atoms with E-state index in [0.717, 1.165) is 17.1 Å². The zero-order valence-corrected chi connectivity index (χ0v) is 12.6. The number of carboxylic acid groups (broad SMARTS) is 1. The van der Waals surface area contributed by atoms with E-state index in [4.69, 9.17) is 5.11 Å². The lowest BCUT2D eigenvalue weighted by Crippen LogP contribution is -2.43. The number of nitrogens with one attached hydrogen (secondary N) is 2. The second-order valence-electron chi connectivity index (χ2n) is 4.59. The molecule has 1 unspecified atom stereocenters. The molecule has 0 bridgehead atoms. The van der Waals surface area contributed by atoms with Crippen LogP contribution in [0, 0.1) is 6.92 Å². The number of carbonyl (C=O) groups is 2. The molecule has 7 heteroatoms. The standard InChI is InChI=1S/C13H21N3O3S/c1-3-4-10(7-12(17)18)16-13(19)14-6-5-11-8-20-9(2)15-11/h8,10H,3-7H2,1-2H3,(H,17,18)(H2,14,16,19). The Balaban J connectivity index is 2.28. The summed E-state index contributed by atoms with van der Waals surface area (Å²) in [7, 11) is 0. The van der Waals surface area contributed by atoms with E-state index in [1.54, 1.807) is 11.3 Å². The van der Waals surface area contributed by atoms with Crippen LogP contribution >= 0.6 is 11.3 Å². The molecular formula is C13H21N3O3S. The van der Waals surface area contributed by atoms with Crippen LogP contribution in [0.25, 0.3) is 0 Å². The first kappa shape index (κ1) is 16.4. The van der Waals surface area contributed by atoms with Crippen molar-refractivity contribution in [3.63, 3.8) is 0 Å². The summed E-state index contributed by atoms with van der Waals surface area (Å²) < 4.78 is 0. The molecule has 1 atom stereocenters. The van der Waals surface area contributed by atoms with Gasteiger partial charge in [-0.15, -0.1) is 11.3 Å². The quantitative estimate of drug-likeness (QED) is 0.684. The first-order valence-corrected chi connectivity index (χ1v) is 7.56. The SMILES string of the molecule is CCCC(CC(=O)O)NC(=O)NCCc1csc(C)n1. The highest BCUT2D eigenvalue weighted by atomic mass is 32.1. The summed E-state index contributed by atoms with van der Waals surface area (Å²) in [5, 5.41) is 17.2. The summed E-state index contributed by atoms with van der Waals surface area (Å²) >= 11 is 1.58. The molecule has 1 aromatic heterocycles. The number of carboxylic acids is 1. The molecule has 1 rings (SSSR count). The van der Waals surface area contributed by atoms with E-state index in [1.165, 1.54) is 0 Å². The molecule has 2 amide bonds. The van der Waals surface area contributed by atoms with Gasteiger partial charge >= 0.3 is 12.0 Å². The average Bonchev–Trinajstić information content (AvgIpc) is 2.74. The van der Waals surface area contributed by atoms with Gasteiger partial charge in [0.05, 0.1) is 17.1 Å². The predicted octanol–water partition coefficient (Wildman–Crippen LogP) is 1.94. The van der Waals surface area contributed by atoms with Crippen molar-refractivity contribution in [3.05, 3.63) is 16.1 Å². The Morgan fingerprint density at radius 3 is 2.80 bits per heavy atom. The van der Waals surface area contributed by atoms with Gasteiger partial charge < -0.3 is 15.7 Å². The van der Waals surface area contributed by atoms with Gasteiger partial charge in [-0.3, -0.25) is 4.79 Å². The number of hydrogen-bond donors (Lipinski definition) is 3. The van der Waals surface area contributed by atoms with E-state index >= 15 is 0 Å². The lowest BCUT2D eigenvalue weighted by Gasteiger charge is -2.16. The Kier molecular flexibility index (Phi) is 7.00. The second-order valence-corrected chi connectivity index (χ2v) is 5.65. The third-order valence-corrected chi connectivity index (χ3v) is 3.55. The highest BCUT2D eigenvalue weighted by Gasteiger charge is 2.14. The minimum Gasteiger partial charge on any atom is -0.481 e. The fraction of sp³-hybridized carbons (Fsp3) is 0.615. The molecule has 0 aliphatic rings. The van der Waals surface area contributed by atoms with Crippen molar-refractivity contribution in [1.29, 1.82) is 0 Å². The molecule has 0 aromatic carbocycles. The second kappa shape index (κ2) is 8.52. The van der Waals surface area contributed by atoms with Gasteiger partial charge in [0.25, 0.3) is 0 Å². The van der Waals surface area contributed by atoms with Gasteiger partial charge in [-0.1, -0.05) is 13.3 Å². The van der Waals surface area contributed by atoms with E-state index in [-0.39, 0.29) is 18.5 Å². The van der Waals surface area contributed by atoms with Gasteiger partial charge in [0, 0.05) is 24.4 Å². The molecule has 0 spiro atoms. The summed E-state index contributed by atoms with van der Waals surface area (Å²) in [5.74, 6) is -0.901. The topological polar surface area (TPSA) is 91.3 Å². The van der Waals surface area contributed by atoms with Crippen LogP contribution in [0.5, 0.6) is 0 Å². The molecule has 1 heterocycles. The molecule has 0 saturated heterocycles. The third kappa shape index (κ3) is 6.51. The van der Waals surface area contributed by atoms with Gasteiger partial charge in [0.15, 0.2) is 0 Å². The Morgan fingerprint density at radius 2 is 2.25 bits per heavy atom. The Morgan fingerprint density at radius 1 is 1.50 bits per heavy atom. The van der Waals surface area contributed by atoms with E-state index < -0.39 is 5.97 Å². The molecular weight excluding hydrogens is 278 g/mol. The number of nitrogens with zero attached hydrogens (tertiary/aromatic N) is 1. The van der Waals surface area contributed by atoms with Crippen LogP contribution in [0.1, 0.15) is 36.9 Å². The normalized spacial score (nSPS) is 11.9. The molecule has 20 heavy (non-hydrogen) atoms. The minimum atomic E-state index is -0.901. The van der Waals surface area contributed by atoms with Crippen molar-refractivity contribution in [2.24, 2.45) is 0 Å². The van der Waals surface area contributed by atoms with E-state index in [2.05, 4.69) is 15.6 Å². The van der Waals surface area contributed by atoms with E-state index in [1.807, 2.05) is 19.2 Å². The van der Waals surface area contributed by atoms with Crippen molar-refractivity contribution in [2.45, 2.75) is 45.6 Å². The van der Waals surface area contributed by atoms with Gasteiger partial charge in [-0.25, -0.2) is 9.78 Å². The number of aliphatic carboxylic acids is 1. The van der Waals surface area contributed by atoms with Gasteiger partial charge in [-0.2, -0.15) is 0 Å². The maximum absolute atomic E-state index is 11.7. The lowest BCUT2D eigenvalue weighted by atomic mass is 10.1. The summed E-state index contributed by atoms with van der Waals surface area (Å²) in [6.45, 7) is 4.38. The number of hydrogen-bond acceptors (Lipinski definition) is 4. The summed E-state index contributed by atoms with van der Waals surface area (Å²) in [4.78, 5) is 26.7. The first-order chi connectivity index (χ1) is 9.51. The number of rotatable bonds is 8. The molecule has 1 aromatic rings. The van der Waals surface area contributed by atoms with Crippen LogP contribution in [-0.4, -0.2) is 34.7 Å². The number of aryl methyl sites for hydroxylation is 1. The molecule has 0 saturated carbocycles. The fourth-order valence-corrected chi connectivity index (χ4v) is 2.50. The summed E-state index contributed by atoms with van der Waals surface area (Å²) in [6, 6.07) is -0.643. The number of thiazole rings is 1. The van der Waals surface area contributed by atoms with Crippen molar-refractivity contribution in [3.8, 4) is 0 Å². The van der Waals surface area contributed by atoms with Crippen molar-refractivity contribution in [2.75, 3.05) is 6.54 Å². The fourth-order valence-electron chi connectivity index (χ4n) is 1.85. The van der Waals surface area contributed by atoms with E-state index in [0.29, 0.717) is 19.4 Å². The average molecular weight is 299 g/mol. The largest absolute Gasteiger partial charge is 0.481 e. The molecule has 3 N–H and O–H groups in total. The van der Waals surface area contributed by atoms with Crippen LogP contribution < -0.4 is 10.6 Å². The molecule has 0 aliphatic heterocycles. The van der Waals surface area contributed by atoms with Crippen molar-refractivity contribution >= 4 is 23.3 Å². The monoisotopic (exact) mass is 299 g/mol. The van der Waals surface area contributed by atoms with E-state index in [9.17, 15) is 9.59 Å². The number of aromatic nitrogens is 1. The molecule has 0 aliphatic carbocycles. The zero-order chi connectivity index (χ0) is 15.0. The smallest absolute Gasteiger partial charge is 0.315 e. The van der Waals surface area contributed by atoms with Crippen LogP contribution in [-0.2, 0) is 11.2 Å². The molecule has 112 valence electrons. The highest BCUT2D eigenvalue weighted by molar-refractivity contribution is 7.09. The summed E-state index contributed by atoms with van der Waals surface area (Å²) in [6.07, 6.45) is 2.11. The Bertz CT molecular complexity index is 448. The Hall–Kier alpha value is -1.63. The first-order valence-electron chi connectivity index (χ1n) is 6.68. The third-order valence-electron chi connectivity index (χ3n) is 2.73. The number of carbonyl (C=O) groups excluding carboxylic acids is 1. The van der Waals surface area contributed by atoms with Crippen LogP contribution in [0.15, 0.2) is 5.38 Å². The van der Waals surface area contributed by atoms with Gasteiger partial charge in [-0.05, 0) is 13.3 Å². The van der Waals surface area contributed by atoms with Gasteiger partial charge in [0.2, 0.25) is 0 Å². The zero-order valence-electron chi connectivity index (χ0n) is 11.8. The molecule has 0 radical (unpaired) electrons. The van der Waals surface area contributed by atoms with Crippen LogP contribution in [0.4, 0.5) is 4.79 Å². The van der Waals surface area contributed by atoms with Crippen molar-refractivity contribution < 1.29 is 14.7 Å². The van der Waals surface area contributed by atoms with Crippen LogP contribution in [0.2, 0.25) is 0 Å². The summed E-state index contributed by atoms with van der Waals surface area (Å²) in [5.41, 5.74) is 0.962. The number of urea groups is 1. The Labute approximate surface area is 122 Å². The molecule has 6 nitrogen and oxygen atoms in total. The minimum absolute atomic E-state index is 0.0491. The lowest BCUT2D eigenvalue weighted by molar-refractivity contribution is -0.137. The maximum atomic E-state index is 11.7.